The van der Waals surface area contributed by atoms with Crippen molar-refractivity contribution in [3.8, 4) is 0 Å². The summed E-state index contributed by atoms with van der Waals surface area (Å²) in [7, 11) is -3.63. The number of carbonyl (C=O) groups is 2. The van der Waals surface area contributed by atoms with E-state index in [-0.39, 0.29) is 16.9 Å². The first-order valence-electron chi connectivity index (χ1n) is 10.7. The van der Waals surface area contributed by atoms with Crippen molar-refractivity contribution in [1.82, 2.24) is 14.1 Å². The number of benzene rings is 1. The maximum Gasteiger partial charge on any atom is 0.409 e. The Morgan fingerprint density at radius 1 is 1.13 bits per heavy atom. The molecule has 1 aliphatic rings. The minimum absolute atomic E-state index is 0.199. The normalized spacial score (nSPS) is 16.3. The van der Waals surface area contributed by atoms with E-state index in [4.69, 9.17) is 4.74 Å². The second kappa shape index (κ2) is 10.9. The van der Waals surface area contributed by atoms with Crippen LogP contribution in [0, 0.1) is 6.92 Å². The number of hydrogen-bond acceptors (Lipinski definition) is 6. The average molecular weight is 455 g/mol. The van der Waals surface area contributed by atoms with Gasteiger partial charge >= 0.3 is 6.09 Å². The van der Waals surface area contributed by atoms with Crippen molar-refractivity contribution in [3.63, 3.8) is 0 Å². The summed E-state index contributed by atoms with van der Waals surface area (Å²) in [5.74, 6) is -0.223. The number of carbonyl (C=O) groups excluding carboxylic acids is 2. The molecule has 0 spiro atoms. The van der Waals surface area contributed by atoms with Crippen LogP contribution in [0.5, 0.6) is 0 Å². The van der Waals surface area contributed by atoms with Gasteiger partial charge in [0.05, 0.1) is 17.5 Å². The first-order chi connectivity index (χ1) is 14.6. The second-order valence-corrected chi connectivity index (χ2v) is 9.36. The Morgan fingerprint density at radius 2 is 1.74 bits per heavy atom. The van der Waals surface area contributed by atoms with Gasteiger partial charge in [0.1, 0.15) is 0 Å². The van der Waals surface area contributed by atoms with Crippen LogP contribution in [0.15, 0.2) is 23.1 Å². The third-order valence-corrected chi connectivity index (χ3v) is 7.74. The van der Waals surface area contributed by atoms with E-state index in [9.17, 15) is 18.0 Å². The molecule has 1 heterocycles. The zero-order valence-electron chi connectivity index (χ0n) is 19.1. The predicted octanol–water partition coefficient (Wildman–Crippen LogP) is 2.13. The summed E-state index contributed by atoms with van der Waals surface area (Å²) in [4.78, 5) is 28.5. The molecule has 1 aromatic carbocycles. The Bertz CT molecular complexity index is 878. The van der Waals surface area contributed by atoms with Crippen molar-refractivity contribution in [3.05, 3.63) is 23.8 Å². The molecule has 1 atom stereocenters. The molecule has 0 aliphatic carbocycles. The molecule has 174 valence electrons. The Labute approximate surface area is 185 Å². The van der Waals surface area contributed by atoms with Crippen LogP contribution < -0.4 is 5.32 Å². The number of nitrogens with one attached hydrogen (secondary N) is 1. The number of nitrogens with zero attached hydrogens (tertiary/aromatic N) is 3. The quantitative estimate of drug-likeness (QED) is 0.646. The second-order valence-electron chi connectivity index (χ2n) is 7.46. The molecule has 10 heteroatoms. The molecule has 31 heavy (non-hydrogen) atoms. The molecular formula is C21H34N4O5S. The fourth-order valence-corrected chi connectivity index (χ4v) is 5.29. The number of sulfonamides is 1. The zero-order chi connectivity index (χ0) is 23.2. The third-order valence-electron chi connectivity index (χ3n) is 5.55. The lowest BCUT2D eigenvalue weighted by Crippen LogP contribution is -2.54. The van der Waals surface area contributed by atoms with Gasteiger partial charge in [-0.1, -0.05) is 19.9 Å². The van der Waals surface area contributed by atoms with Gasteiger partial charge < -0.3 is 15.0 Å². The van der Waals surface area contributed by atoms with Crippen LogP contribution in [-0.2, 0) is 19.6 Å². The van der Waals surface area contributed by atoms with Crippen molar-refractivity contribution in [2.45, 2.75) is 45.6 Å². The van der Waals surface area contributed by atoms with Crippen LogP contribution in [0.4, 0.5) is 10.5 Å². The van der Waals surface area contributed by atoms with Crippen molar-refractivity contribution in [2.75, 3.05) is 51.2 Å². The predicted molar refractivity (Wildman–Crippen MR) is 120 cm³/mol. The van der Waals surface area contributed by atoms with Crippen LogP contribution in [0.3, 0.4) is 0 Å². The highest BCUT2D eigenvalue weighted by atomic mass is 32.2. The largest absolute Gasteiger partial charge is 0.450 e. The number of rotatable bonds is 8. The number of aryl methyl sites for hydroxylation is 1. The molecule has 0 bridgehead atoms. The van der Waals surface area contributed by atoms with Gasteiger partial charge in [0, 0.05) is 45.0 Å². The van der Waals surface area contributed by atoms with E-state index in [0.29, 0.717) is 57.1 Å². The molecule has 1 aliphatic heterocycles. The summed E-state index contributed by atoms with van der Waals surface area (Å²) in [6.45, 7) is 12.1. The summed E-state index contributed by atoms with van der Waals surface area (Å²) in [5.41, 5.74) is 1.08. The number of anilines is 1. The van der Waals surface area contributed by atoms with Crippen molar-refractivity contribution >= 4 is 27.7 Å². The lowest BCUT2D eigenvalue weighted by Gasteiger charge is -2.36. The minimum atomic E-state index is -3.63. The van der Waals surface area contributed by atoms with Crippen LogP contribution >= 0.6 is 0 Å². The van der Waals surface area contributed by atoms with Gasteiger partial charge in [-0.3, -0.25) is 9.69 Å². The molecule has 2 rings (SSSR count). The van der Waals surface area contributed by atoms with E-state index >= 15 is 0 Å². The van der Waals surface area contributed by atoms with Crippen molar-refractivity contribution < 1.29 is 22.7 Å². The lowest BCUT2D eigenvalue weighted by molar-refractivity contribution is -0.121. The summed E-state index contributed by atoms with van der Waals surface area (Å²) in [5, 5.41) is 2.84. The van der Waals surface area contributed by atoms with Crippen LogP contribution in [-0.4, -0.2) is 86.4 Å². The number of piperazine rings is 1. The standard InChI is InChI=1S/C21H34N4O5S/c1-6-25(7-2)31(28,29)19-15-18(10-9-16(19)4)22-20(26)17(5)23-11-13-24(14-12-23)21(27)30-8-3/h9-10,15,17H,6-8,11-14H2,1-5H3,(H,22,26). The summed E-state index contributed by atoms with van der Waals surface area (Å²) < 4.78 is 32.3. The van der Waals surface area contributed by atoms with E-state index in [1.165, 1.54) is 10.4 Å². The summed E-state index contributed by atoms with van der Waals surface area (Å²) in [6, 6.07) is 4.51. The molecule has 0 saturated carbocycles. The molecule has 1 N–H and O–H groups in total. The van der Waals surface area contributed by atoms with Gasteiger partial charge in [-0.2, -0.15) is 4.31 Å². The maximum absolute atomic E-state index is 12.9. The smallest absolute Gasteiger partial charge is 0.409 e. The average Bonchev–Trinajstić information content (AvgIpc) is 2.75. The molecule has 0 radical (unpaired) electrons. The van der Waals surface area contributed by atoms with E-state index < -0.39 is 16.1 Å². The Kier molecular flexibility index (Phi) is 8.84. The minimum Gasteiger partial charge on any atom is -0.450 e. The van der Waals surface area contributed by atoms with Gasteiger partial charge in [0.15, 0.2) is 0 Å². The van der Waals surface area contributed by atoms with Gasteiger partial charge in [-0.25, -0.2) is 13.2 Å². The highest BCUT2D eigenvalue weighted by Crippen LogP contribution is 2.24. The topological polar surface area (TPSA) is 99.3 Å². The highest BCUT2D eigenvalue weighted by Gasteiger charge is 2.29. The molecule has 1 unspecified atom stereocenters. The summed E-state index contributed by atoms with van der Waals surface area (Å²) >= 11 is 0. The summed E-state index contributed by atoms with van der Waals surface area (Å²) in [6.07, 6.45) is -0.333. The monoisotopic (exact) mass is 454 g/mol. The van der Waals surface area contributed by atoms with Gasteiger partial charge in [0.2, 0.25) is 15.9 Å². The zero-order valence-corrected chi connectivity index (χ0v) is 19.9. The number of ether oxygens (including phenoxy) is 1. The SMILES string of the molecule is CCOC(=O)N1CCN(C(C)C(=O)Nc2ccc(C)c(S(=O)(=O)N(CC)CC)c2)CC1. The first kappa shape index (κ1) is 25.1. The van der Waals surface area contributed by atoms with Crippen molar-refractivity contribution in [2.24, 2.45) is 0 Å². The fraction of sp³-hybridized carbons (Fsp3) is 0.619. The molecular weight excluding hydrogens is 420 g/mol. The lowest BCUT2D eigenvalue weighted by atomic mass is 10.2. The molecule has 0 aromatic heterocycles. The van der Waals surface area contributed by atoms with Gasteiger partial charge in [-0.15, -0.1) is 0 Å². The van der Waals surface area contributed by atoms with E-state index in [2.05, 4.69) is 5.32 Å². The third kappa shape index (κ3) is 5.96. The first-order valence-corrected chi connectivity index (χ1v) is 12.2. The number of amides is 2. The fourth-order valence-electron chi connectivity index (χ4n) is 3.58. The van der Waals surface area contributed by atoms with Crippen molar-refractivity contribution in [1.29, 1.82) is 0 Å². The molecule has 1 aromatic rings. The Balaban J connectivity index is 2.06. The van der Waals surface area contributed by atoms with E-state index in [1.54, 1.807) is 51.7 Å². The molecule has 9 nitrogen and oxygen atoms in total. The van der Waals surface area contributed by atoms with E-state index in [1.807, 2.05) is 4.90 Å². The van der Waals surface area contributed by atoms with Gasteiger partial charge in [-0.05, 0) is 38.5 Å². The molecule has 1 saturated heterocycles. The highest BCUT2D eigenvalue weighted by molar-refractivity contribution is 7.89. The Morgan fingerprint density at radius 3 is 2.29 bits per heavy atom. The van der Waals surface area contributed by atoms with Gasteiger partial charge in [0.25, 0.3) is 0 Å². The number of hydrogen-bond donors (Lipinski definition) is 1. The molecule has 2 amide bonds. The Hall–Kier alpha value is -2.17. The molecule has 1 fully saturated rings. The van der Waals surface area contributed by atoms with Crippen LogP contribution in [0.2, 0.25) is 0 Å². The van der Waals surface area contributed by atoms with Crippen LogP contribution in [0.25, 0.3) is 0 Å². The maximum atomic E-state index is 12.9. The van der Waals surface area contributed by atoms with Crippen LogP contribution in [0.1, 0.15) is 33.3 Å². The van der Waals surface area contributed by atoms with E-state index in [0.717, 1.165) is 0 Å².